The molecule has 0 unspecified atom stereocenters. The Morgan fingerprint density at radius 3 is 2.62 bits per heavy atom. The first-order chi connectivity index (χ1) is 7.44. The van der Waals surface area contributed by atoms with Crippen molar-refractivity contribution < 1.29 is 14.9 Å². The molecule has 1 aromatic rings. The zero-order valence-corrected chi connectivity index (χ0v) is 10.3. The summed E-state index contributed by atoms with van der Waals surface area (Å²) in [5.74, 6) is 0.496. The molecule has 0 aliphatic rings. The van der Waals surface area contributed by atoms with E-state index in [2.05, 4.69) is 0 Å². The van der Waals surface area contributed by atoms with Crippen molar-refractivity contribution in [2.45, 2.75) is 32.5 Å². The summed E-state index contributed by atoms with van der Waals surface area (Å²) in [6.07, 6.45) is 0.503. The summed E-state index contributed by atoms with van der Waals surface area (Å²) in [6, 6.07) is 5.22. The number of hydrogen-bond donors (Lipinski definition) is 2. The van der Waals surface area contributed by atoms with Crippen molar-refractivity contribution in [3.63, 3.8) is 0 Å². The van der Waals surface area contributed by atoms with Crippen molar-refractivity contribution in [2.75, 3.05) is 6.61 Å². The molecule has 1 rings (SSSR count). The molecule has 0 fully saturated rings. The second-order valence-electron chi connectivity index (χ2n) is 4.30. The first-order valence-corrected chi connectivity index (χ1v) is 5.55. The topological polar surface area (TPSA) is 49.7 Å². The molecule has 0 heterocycles. The minimum atomic E-state index is -0.763. The first-order valence-electron chi connectivity index (χ1n) is 5.17. The maximum Gasteiger partial charge on any atom is 0.143 e. The Hall–Kier alpha value is -0.770. The molecule has 90 valence electrons. The van der Waals surface area contributed by atoms with Gasteiger partial charge >= 0.3 is 0 Å². The average Bonchev–Trinajstić information content (AvgIpc) is 2.18. The van der Waals surface area contributed by atoms with Crippen LogP contribution >= 0.6 is 11.6 Å². The van der Waals surface area contributed by atoms with Gasteiger partial charge in [0, 0.05) is 12.0 Å². The zero-order chi connectivity index (χ0) is 12.2. The van der Waals surface area contributed by atoms with Gasteiger partial charge < -0.3 is 14.9 Å². The fourth-order valence-corrected chi connectivity index (χ4v) is 1.49. The fraction of sp³-hybridized carbons (Fsp3) is 0.500. The van der Waals surface area contributed by atoms with E-state index in [-0.39, 0.29) is 6.61 Å². The lowest BCUT2D eigenvalue weighted by atomic mass is 10.1. The van der Waals surface area contributed by atoms with Crippen LogP contribution in [0.5, 0.6) is 5.75 Å². The van der Waals surface area contributed by atoms with Crippen LogP contribution in [0.3, 0.4) is 0 Å². The number of ether oxygens (including phenoxy) is 1. The number of rotatable bonds is 5. The van der Waals surface area contributed by atoms with Crippen LogP contribution in [0.4, 0.5) is 0 Å². The molecule has 0 aromatic heterocycles. The highest BCUT2D eigenvalue weighted by Gasteiger charge is 2.14. The molecule has 0 amide bonds. The van der Waals surface area contributed by atoms with Crippen molar-refractivity contribution in [3.8, 4) is 5.75 Å². The zero-order valence-electron chi connectivity index (χ0n) is 9.53. The van der Waals surface area contributed by atoms with Crippen LogP contribution in [0.15, 0.2) is 18.2 Å². The van der Waals surface area contributed by atoms with Crippen molar-refractivity contribution >= 4 is 11.6 Å². The second kappa shape index (κ2) is 5.53. The molecule has 0 saturated carbocycles. The van der Waals surface area contributed by atoms with Crippen molar-refractivity contribution in [1.82, 2.24) is 0 Å². The highest BCUT2D eigenvalue weighted by atomic mass is 35.5. The molecule has 0 spiro atoms. The molecule has 0 saturated heterocycles. The van der Waals surface area contributed by atoms with Crippen LogP contribution in [-0.2, 0) is 6.61 Å². The van der Waals surface area contributed by atoms with Gasteiger partial charge in [0.2, 0.25) is 0 Å². The maximum absolute atomic E-state index is 9.53. The Morgan fingerprint density at radius 1 is 1.38 bits per heavy atom. The lowest BCUT2D eigenvalue weighted by Gasteiger charge is -2.18. The predicted octanol–water partition coefficient (Wildman–Crippen LogP) is 2.37. The number of halogens is 1. The van der Waals surface area contributed by atoms with Crippen LogP contribution < -0.4 is 4.74 Å². The van der Waals surface area contributed by atoms with E-state index in [1.54, 1.807) is 32.0 Å². The third kappa shape index (κ3) is 4.00. The van der Waals surface area contributed by atoms with Gasteiger partial charge in [-0.25, -0.2) is 0 Å². The van der Waals surface area contributed by atoms with Crippen molar-refractivity contribution in [1.29, 1.82) is 0 Å². The van der Waals surface area contributed by atoms with E-state index in [1.807, 2.05) is 0 Å². The summed E-state index contributed by atoms with van der Waals surface area (Å²) in [4.78, 5) is 0. The molecule has 16 heavy (non-hydrogen) atoms. The Bertz CT molecular complexity index is 345. The molecule has 1 aromatic carbocycles. The predicted molar refractivity (Wildman–Crippen MR) is 63.8 cm³/mol. The van der Waals surface area contributed by atoms with Gasteiger partial charge in [-0.2, -0.15) is 0 Å². The van der Waals surface area contributed by atoms with Gasteiger partial charge in [0.1, 0.15) is 5.75 Å². The number of para-hydroxylation sites is 1. The maximum atomic E-state index is 9.53. The standard InChI is InChI=1S/C12H17ClO3/c1-12(2,15)6-7-16-11-9(8-14)4-3-5-10(11)13/h3-5,14-15H,6-8H2,1-2H3. The van der Waals surface area contributed by atoms with Crippen LogP contribution in [0.2, 0.25) is 5.02 Å². The van der Waals surface area contributed by atoms with E-state index in [1.165, 1.54) is 0 Å². The molecule has 3 nitrogen and oxygen atoms in total. The van der Waals surface area contributed by atoms with E-state index in [0.717, 1.165) is 0 Å². The van der Waals surface area contributed by atoms with Gasteiger partial charge in [0.25, 0.3) is 0 Å². The lowest BCUT2D eigenvalue weighted by molar-refractivity contribution is 0.0550. The molecule has 0 aliphatic carbocycles. The number of hydrogen-bond acceptors (Lipinski definition) is 3. The van der Waals surface area contributed by atoms with Crippen LogP contribution in [-0.4, -0.2) is 22.4 Å². The normalized spacial score (nSPS) is 11.6. The third-order valence-electron chi connectivity index (χ3n) is 2.18. The Kier molecular flexibility index (Phi) is 4.59. The quantitative estimate of drug-likeness (QED) is 0.836. The van der Waals surface area contributed by atoms with E-state index in [0.29, 0.717) is 29.4 Å². The summed E-state index contributed by atoms with van der Waals surface area (Å²) < 4.78 is 5.48. The minimum absolute atomic E-state index is 0.113. The van der Waals surface area contributed by atoms with Crippen molar-refractivity contribution in [3.05, 3.63) is 28.8 Å². The van der Waals surface area contributed by atoms with E-state index in [9.17, 15) is 5.11 Å². The highest BCUT2D eigenvalue weighted by molar-refractivity contribution is 6.32. The molecule has 4 heteroatoms. The summed E-state index contributed by atoms with van der Waals surface area (Å²) in [6.45, 7) is 3.68. The van der Waals surface area contributed by atoms with E-state index < -0.39 is 5.60 Å². The molecule has 0 bridgehead atoms. The fourth-order valence-electron chi connectivity index (χ4n) is 1.24. The Labute approximate surface area is 101 Å². The van der Waals surface area contributed by atoms with Crippen LogP contribution in [0.1, 0.15) is 25.8 Å². The number of benzene rings is 1. The summed E-state index contributed by atoms with van der Waals surface area (Å²) >= 11 is 5.96. The lowest BCUT2D eigenvalue weighted by Crippen LogP contribution is -2.22. The van der Waals surface area contributed by atoms with Gasteiger partial charge in [-0.15, -0.1) is 0 Å². The second-order valence-corrected chi connectivity index (χ2v) is 4.70. The van der Waals surface area contributed by atoms with E-state index in [4.69, 9.17) is 21.4 Å². The van der Waals surface area contributed by atoms with Crippen LogP contribution in [0, 0.1) is 0 Å². The molecule has 2 N–H and O–H groups in total. The number of aliphatic hydroxyl groups excluding tert-OH is 1. The average molecular weight is 245 g/mol. The summed E-state index contributed by atoms with van der Waals surface area (Å²) in [5, 5.41) is 19.1. The highest BCUT2D eigenvalue weighted by Crippen LogP contribution is 2.29. The summed E-state index contributed by atoms with van der Waals surface area (Å²) in [5.41, 5.74) is -0.107. The summed E-state index contributed by atoms with van der Waals surface area (Å²) in [7, 11) is 0. The third-order valence-corrected chi connectivity index (χ3v) is 2.48. The van der Waals surface area contributed by atoms with E-state index >= 15 is 0 Å². The molecule has 0 atom stereocenters. The van der Waals surface area contributed by atoms with Gasteiger partial charge in [-0.1, -0.05) is 23.7 Å². The van der Waals surface area contributed by atoms with Gasteiger partial charge in [-0.05, 0) is 19.9 Å². The monoisotopic (exact) mass is 244 g/mol. The van der Waals surface area contributed by atoms with Gasteiger partial charge in [0.15, 0.2) is 0 Å². The van der Waals surface area contributed by atoms with Crippen LogP contribution in [0.25, 0.3) is 0 Å². The Morgan fingerprint density at radius 2 is 2.06 bits per heavy atom. The molecule has 0 aliphatic heterocycles. The molecular weight excluding hydrogens is 228 g/mol. The first kappa shape index (κ1) is 13.3. The SMILES string of the molecule is CC(C)(O)CCOc1c(Cl)cccc1CO. The van der Waals surface area contributed by atoms with Gasteiger partial charge in [-0.3, -0.25) is 0 Å². The molecule has 0 radical (unpaired) electrons. The minimum Gasteiger partial charge on any atom is -0.492 e. The smallest absolute Gasteiger partial charge is 0.143 e. The van der Waals surface area contributed by atoms with Gasteiger partial charge in [0.05, 0.1) is 23.8 Å². The van der Waals surface area contributed by atoms with Crippen molar-refractivity contribution in [2.24, 2.45) is 0 Å². The molecular formula is C12H17ClO3. The largest absolute Gasteiger partial charge is 0.492 e. The number of aliphatic hydroxyl groups is 2. The Balaban J connectivity index is 2.66.